The lowest BCUT2D eigenvalue weighted by atomic mass is 10.2. The Bertz CT molecular complexity index is 793. The van der Waals surface area contributed by atoms with E-state index in [4.69, 9.17) is 5.26 Å². The first-order valence-corrected chi connectivity index (χ1v) is 7.71. The zero-order chi connectivity index (χ0) is 15.5. The number of anilines is 2. The summed E-state index contributed by atoms with van der Waals surface area (Å²) in [6, 6.07) is 14.9. The van der Waals surface area contributed by atoms with Crippen LogP contribution in [-0.2, 0) is 10.0 Å². The second kappa shape index (κ2) is 5.85. The Labute approximate surface area is 124 Å². The zero-order valence-electron chi connectivity index (χ0n) is 11.7. The molecule has 108 valence electrons. The van der Waals surface area contributed by atoms with Gasteiger partial charge in [0.25, 0.3) is 10.0 Å². The Morgan fingerprint density at radius 3 is 2.48 bits per heavy atom. The van der Waals surface area contributed by atoms with Crippen molar-refractivity contribution in [2.24, 2.45) is 0 Å². The van der Waals surface area contributed by atoms with Crippen LogP contribution in [0.15, 0.2) is 53.4 Å². The fraction of sp³-hybridized carbons (Fsp3) is 0.133. The average molecular weight is 301 g/mol. The van der Waals surface area contributed by atoms with E-state index in [1.54, 1.807) is 30.3 Å². The minimum atomic E-state index is -3.71. The molecule has 0 unspecified atom stereocenters. The summed E-state index contributed by atoms with van der Waals surface area (Å²) in [7, 11) is 0.0499. The van der Waals surface area contributed by atoms with Crippen LogP contribution < -0.4 is 9.62 Å². The first kappa shape index (κ1) is 14.9. The van der Waals surface area contributed by atoms with Crippen molar-refractivity contribution in [1.29, 1.82) is 5.26 Å². The van der Waals surface area contributed by atoms with E-state index in [1.165, 1.54) is 12.1 Å². The summed E-state index contributed by atoms with van der Waals surface area (Å²) >= 11 is 0. The van der Waals surface area contributed by atoms with Crippen LogP contribution in [0.4, 0.5) is 11.4 Å². The summed E-state index contributed by atoms with van der Waals surface area (Å²) in [6.07, 6.45) is 0. The summed E-state index contributed by atoms with van der Waals surface area (Å²) in [5, 5.41) is 8.84. The molecular formula is C15H15N3O2S. The monoisotopic (exact) mass is 301 g/mol. The molecular weight excluding hydrogens is 286 g/mol. The molecule has 0 aliphatic carbocycles. The molecule has 0 fully saturated rings. The molecule has 2 aromatic rings. The van der Waals surface area contributed by atoms with Gasteiger partial charge in [0.15, 0.2) is 0 Å². The molecule has 2 aromatic carbocycles. The number of nitrogens with zero attached hydrogens (tertiary/aromatic N) is 2. The first-order valence-electron chi connectivity index (χ1n) is 6.23. The number of sulfonamides is 1. The van der Waals surface area contributed by atoms with Crippen molar-refractivity contribution in [3.63, 3.8) is 0 Å². The van der Waals surface area contributed by atoms with Gasteiger partial charge in [-0.1, -0.05) is 12.1 Å². The average Bonchev–Trinajstić information content (AvgIpc) is 2.47. The number of rotatable bonds is 4. The Morgan fingerprint density at radius 2 is 1.81 bits per heavy atom. The lowest BCUT2D eigenvalue weighted by molar-refractivity contribution is 0.601. The second-order valence-corrected chi connectivity index (χ2v) is 6.37. The summed E-state index contributed by atoms with van der Waals surface area (Å²) < 4.78 is 27.2. The summed E-state index contributed by atoms with van der Waals surface area (Å²) in [4.78, 5) is 1.95. The Morgan fingerprint density at radius 1 is 1.10 bits per heavy atom. The third kappa shape index (κ3) is 3.52. The Balaban J connectivity index is 2.33. The maximum absolute atomic E-state index is 12.3. The van der Waals surface area contributed by atoms with E-state index < -0.39 is 10.0 Å². The number of nitrogens with one attached hydrogen (secondary N) is 1. The van der Waals surface area contributed by atoms with E-state index in [9.17, 15) is 8.42 Å². The SMILES string of the molecule is CN(C)c1cccc(NS(=O)(=O)c2cccc(C#N)c2)c1. The van der Waals surface area contributed by atoms with Crippen molar-refractivity contribution < 1.29 is 8.42 Å². The largest absolute Gasteiger partial charge is 0.378 e. The van der Waals surface area contributed by atoms with Gasteiger partial charge >= 0.3 is 0 Å². The van der Waals surface area contributed by atoms with Gasteiger partial charge in [0.2, 0.25) is 0 Å². The standard InChI is InChI=1S/C15H15N3O2S/c1-18(2)14-7-4-6-13(10-14)17-21(19,20)15-8-3-5-12(9-15)11-16/h3-10,17H,1-2H3. The molecule has 0 amide bonds. The lowest BCUT2D eigenvalue weighted by Crippen LogP contribution is -2.14. The van der Waals surface area contributed by atoms with Crippen molar-refractivity contribution in [2.75, 3.05) is 23.7 Å². The molecule has 0 bridgehead atoms. The Hall–Kier alpha value is -2.52. The van der Waals surface area contributed by atoms with E-state index in [2.05, 4.69) is 4.72 Å². The lowest BCUT2D eigenvalue weighted by Gasteiger charge is -2.14. The maximum atomic E-state index is 12.3. The first-order chi connectivity index (χ1) is 9.92. The zero-order valence-corrected chi connectivity index (χ0v) is 12.6. The highest BCUT2D eigenvalue weighted by Crippen LogP contribution is 2.21. The molecule has 1 N–H and O–H groups in total. The van der Waals surface area contributed by atoms with Crippen molar-refractivity contribution >= 4 is 21.4 Å². The van der Waals surface area contributed by atoms with Gasteiger partial charge in [-0.15, -0.1) is 0 Å². The highest BCUT2D eigenvalue weighted by Gasteiger charge is 2.15. The molecule has 0 aromatic heterocycles. The molecule has 5 nitrogen and oxygen atoms in total. The van der Waals surface area contributed by atoms with Crippen LogP contribution in [0, 0.1) is 11.3 Å². The number of benzene rings is 2. The van der Waals surface area contributed by atoms with E-state index in [1.807, 2.05) is 31.1 Å². The van der Waals surface area contributed by atoms with Crippen LogP contribution in [0.2, 0.25) is 0 Å². The van der Waals surface area contributed by atoms with Crippen LogP contribution in [0.5, 0.6) is 0 Å². The molecule has 0 saturated carbocycles. The van der Waals surface area contributed by atoms with Gasteiger partial charge in [0, 0.05) is 19.8 Å². The topological polar surface area (TPSA) is 73.2 Å². The highest BCUT2D eigenvalue weighted by atomic mass is 32.2. The van der Waals surface area contributed by atoms with Crippen molar-refractivity contribution in [2.45, 2.75) is 4.90 Å². The van der Waals surface area contributed by atoms with Crippen LogP contribution >= 0.6 is 0 Å². The van der Waals surface area contributed by atoms with Gasteiger partial charge in [-0.2, -0.15) is 5.26 Å². The van der Waals surface area contributed by atoms with Crippen molar-refractivity contribution in [3.8, 4) is 6.07 Å². The van der Waals surface area contributed by atoms with Crippen LogP contribution in [-0.4, -0.2) is 22.5 Å². The molecule has 0 radical (unpaired) electrons. The predicted molar refractivity (Wildman–Crippen MR) is 82.7 cm³/mol. The maximum Gasteiger partial charge on any atom is 0.261 e. The predicted octanol–water partition coefficient (Wildman–Crippen LogP) is 2.43. The van der Waals surface area contributed by atoms with Gasteiger partial charge in [-0.25, -0.2) is 8.42 Å². The Kier molecular flexibility index (Phi) is 4.15. The summed E-state index contributed by atoms with van der Waals surface area (Å²) in [6.45, 7) is 0. The number of hydrogen-bond acceptors (Lipinski definition) is 4. The molecule has 6 heteroatoms. The molecule has 0 heterocycles. The molecule has 2 rings (SSSR count). The molecule has 0 atom stereocenters. The van der Waals surface area contributed by atoms with E-state index in [-0.39, 0.29) is 4.90 Å². The minimum Gasteiger partial charge on any atom is -0.378 e. The van der Waals surface area contributed by atoms with Crippen molar-refractivity contribution in [3.05, 3.63) is 54.1 Å². The van der Waals surface area contributed by atoms with Crippen molar-refractivity contribution in [1.82, 2.24) is 0 Å². The van der Waals surface area contributed by atoms with Gasteiger partial charge in [-0.3, -0.25) is 4.72 Å². The molecule has 21 heavy (non-hydrogen) atoms. The normalized spacial score (nSPS) is 10.7. The number of hydrogen-bond donors (Lipinski definition) is 1. The van der Waals surface area contributed by atoms with Gasteiger partial charge in [0.05, 0.1) is 22.2 Å². The fourth-order valence-electron chi connectivity index (χ4n) is 1.79. The summed E-state index contributed by atoms with van der Waals surface area (Å²) in [5.74, 6) is 0. The molecule has 0 saturated heterocycles. The van der Waals surface area contributed by atoms with E-state index >= 15 is 0 Å². The second-order valence-electron chi connectivity index (χ2n) is 4.69. The van der Waals surface area contributed by atoms with Gasteiger partial charge in [0.1, 0.15) is 0 Å². The van der Waals surface area contributed by atoms with E-state index in [0.717, 1.165) is 5.69 Å². The minimum absolute atomic E-state index is 0.0665. The third-order valence-corrected chi connectivity index (χ3v) is 4.27. The third-order valence-electron chi connectivity index (χ3n) is 2.89. The molecule has 0 spiro atoms. The van der Waals surface area contributed by atoms with Gasteiger partial charge < -0.3 is 4.90 Å². The molecule has 0 aliphatic rings. The van der Waals surface area contributed by atoms with E-state index in [0.29, 0.717) is 11.3 Å². The highest BCUT2D eigenvalue weighted by molar-refractivity contribution is 7.92. The van der Waals surface area contributed by atoms with Crippen LogP contribution in [0.1, 0.15) is 5.56 Å². The number of nitriles is 1. The fourth-order valence-corrected chi connectivity index (χ4v) is 2.89. The van der Waals surface area contributed by atoms with Gasteiger partial charge in [-0.05, 0) is 36.4 Å². The smallest absolute Gasteiger partial charge is 0.261 e. The van der Waals surface area contributed by atoms with Crippen LogP contribution in [0.3, 0.4) is 0 Å². The molecule has 0 aliphatic heterocycles. The summed E-state index contributed by atoms with van der Waals surface area (Å²) in [5.41, 5.74) is 1.67. The quantitative estimate of drug-likeness (QED) is 0.941. The van der Waals surface area contributed by atoms with Crippen LogP contribution in [0.25, 0.3) is 0 Å².